The van der Waals surface area contributed by atoms with Gasteiger partial charge in [-0.3, -0.25) is 9.59 Å². The van der Waals surface area contributed by atoms with Gasteiger partial charge >= 0.3 is 0 Å². The molecule has 2 atom stereocenters. The van der Waals surface area contributed by atoms with Gasteiger partial charge in [0.15, 0.2) is 0 Å². The minimum Gasteiger partial charge on any atom is -0.497 e. The largest absolute Gasteiger partial charge is 0.497 e. The van der Waals surface area contributed by atoms with Crippen LogP contribution in [0.2, 0.25) is 0 Å². The minimum atomic E-state index is -0.130. The summed E-state index contributed by atoms with van der Waals surface area (Å²) in [5.74, 6) is 1.45. The van der Waals surface area contributed by atoms with E-state index in [0.717, 1.165) is 40.4 Å². The first kappa shape index (κ1) is 28.8. The summed E-state index contributed by atoms with van der Waals surface area (Å²) in [7, 11) is 3.25. The number of fused-ring (bicyclic) bond motifs is 1. The van der Waals surface area contributed by atoms with E-state index in [9.17, 15) is 9.59 Å². The van der Waals surface area contributed by atoms with Crippen LogP contribution in [-0.4, -0.2) is 48.8 Å². The predicted molar refractivity (Wildman–Crippen MR) is 165 cm³/mol. The Morgan fingerprint density at radius 2 is 1.83 bits per heavy atom. The van der Waals surface area contributed by atoms with Crippen LogP contribution in [0.25, 0.3) is 6.08 Å². The Morgan fingerprint density at radius 3 is 2.59 bits per heavy atom. The highest BCUT2D eigenvalue weighted by Crippen LogP contribution is 2.42. The molecule has 0 aromatic heterocycles. The number of thioether (sulfide) groups is 1. The monoisotopic (exact) mass is 570 g/mol. The fourth-order valence-corrected chi connectivity index (χ4v) is 7.20. The van der Waals surface area contributed by atoms with Crippen LogP contribution >= 0.6 is 11.8 Å². The molecule has 1 heterocycles. The van der Waals surface area contributed by atoms with Gasteiger partial charge in [-0.2, -0.15) is 0 Å². The molecule has 5 rings (SSSR count). The van der Waals surface area contributed by atoms with Gasteiger partial charge in [0.1, 0.15) is 11.5 Å². The number of carbonyl (C=O) groups excluding carboxylic acids is 2. The second-order valence-corrected chi connectivity index (χ2v) is 12.0. The number of methoxy groups -OCH3 is 2. The van der Waals surface area contributed by atoms with Gasteiger partial charge in [-0.05, 0) is 67.2 Å². The van der Waals surface area contributed by atoms with Gasteiger partial charge in [0, 0.05) is 36.0 Å². The summed E-state index contributed by atoms with van der Waals surface area (Å²) in [4.78, 5) is 29.4. The Morgan fingerprint density at radius 1 is 1.02 bits per heavy atom. The Hall–Kier alpha value is -3.71. The zero-order valence-electron chi connectivity index (χ0n) is 24.0. The second kappa shape index (κ2) is 13.3. The average molecular weight is 571 g/mol. The van der Waals surface area contributed by atoms with Crippen LogP contribution in [0.5, 0.6) is 11.5 Å². The lowest BCUT2D eigenvalue weighted by Crippen LogP contribution is -2.50. The third-order valence-electron chi connectivity index (χ3n) is 7.90. The lowest BCUT2D eigenvalue weighted by molar-refractivity contribution is -0.130. The van der Waals surface area contributed by atoms with Crippen molar-refractivity contribution in [2.45, 2.75) is 56.9 Å². The van der Waals surface area contributed by atoms with E-state index in [0.29, 0.717) is 30.3 Å². The van der Waals surface area contributed by atoms with Gasteiger partial charge in [-0.25, -0.2) is 0 Å². The Bertz CT molecular complexity index is 1420. The molecule has 214 valence electrons. The Labute approximate surface area is 247 Å². The fraction of sp³-hybridized carbons (Fsp3) is 0.353. The summed E-state index contributed by atoms with van der Waals surface area (Å²) in [6, 6.07) is 21.9. The smallest absolute Gasteiger partial charge is 0.260 e. The molecule has 41 heavy (non-hydrogen) atoms. The van der Waals surface area contributed by atoms with E-state index in [1.807, 2.05) is 48.5 Å². The van der Waals surface area contributed by atoms with Crippen molar-refractivity contribution >= 4 is 29.7 Å². The van der Waals surface area contributed by atoms with Gasteiger partial charge < -0.3 is 19.7 Å². The zero-order valence-corrected chi connectivity index (χ0v) is 24.8. The molecule has 3 aromatic carbocycles. The van der Waals surface area contributed by atoms with E-state index in [4.69, 9.17) is 9.47 Å². The molecule has 1 saturated heterocycles. The maximum atomic E-state index is 13.7. The van der Waals surface area contributed by atoms with Crippen molar-refractivity contribution in [1.82, 2.24) is 10.2 Å². The van der Waals surface area contributed by atoms with E-state index in [-0.39, 0.29) is 17.9 Å². The number of amides is 2. The number of benzene rings is 3. The molecule has 7 heteroatoms. The van der Waals surface area contributed by atoms with Crippen molar-refractivity contribution < 1.29 is 19.1 Å². The normalized spacial score (nSPS) is 19.5. The van der Waals surface area contributed by atoms with E-state index in [1.54, 1.807) is 26.0 Å². The van der Waals surface area contributed by atoms with Gasteiger partial charge in [0.2, 0.25) is 0 Å². The lowest BCUT2D eigenvalue weighted by Gasteiger charge is -2.44. The molecule has 2 unspecified atom stereocenters. The summed E-state index contributed by atoms with van der Waals surface area (Å²) in [5, 5.41) is 3.42. The molecular weight excluding hydrogens is 532 g/mol. The maximum Gasteiger partial charge on any atom is 0.260 e. The Balaban J connectivity index is 1.24. The van der Waals surface area contributed by atoms with E-state index < -0.39 is 0 Å². The molecule has 2 amide bonds. The standard InChI is InChI=1S/C34H38N2O4S/c1-23-7-6-8-25(19-23)22-36-29-9-4-5-10-31(29)41-32(34(36)38)20-24-11-13-27(14-12-24)33(37)35-18-17-26-15-16-28(39-2)21-30(26)40-3/h6-8,11-16,19-21,29,31H,4-5,9-10,17-18,22H2,1-3H3,(H,35,37)/b32-20+. The SMILES string of the molecule is COc1ccc(CCNC(=O)c2ccc(/C=C3/SC4CCCCC4N(Cc4cccc(C)c4)C3=O)cc2)c(OC)c1. The number of carbonyl (C=O) groups is 2. The molecule has 1 aliphatic heterocycles. The van der Waals surface area contributed by atoms with Crippen LogP contribution in [-0.2, 0) is 17.8 Å². The highest BCUT2D eigenvalue weighted by molar-refractivity contribution is 8.04. The van der Waals surface area contributed by atoms with Crippen molar-refractivity contribution in [1.29, 1.82) is 0 Å². The number of hydrogen-bond acceptors (Lipinski definition) is 5. The number of aryl methyl sites for hydroxylation is 1. The van der Waals surface area contributed by atoms with Crippen LogP contribution in [0, 0.1) is 6.92 Å². The first-order chi connectivity index (χ1) is 19.9. The highest BCUT2D eigenvalue weighted by Gasteiger charge is 2.40. The lowest BCUT2D eigenvalue weighted by atomic mass is 9.92. The van der Waals surface area contributed by atoms with E-state index in [1.165, 1.54) is 24.0 Å². The van der Waals surface area contributed by atoms with Crippen molar-refractivity contribution in [3.63, 3.8) is 0 Å². The van der Waals surface area contributed by atoms with Crippen molar-refractivity contribution in [3.8, 4) is 11.5 Å². The van der Waals surface area contributed by atoms with Gasteiger partial charge in [0.05, 0.1) is 19.1 Å². The van der Waals surface area contributed by atoms with Gasteiger partial charge in [-0.1, -0.05) is 60.9 Å². The fourth-order valence-electron chi connectivity index (χ4n) is 5.72. The molecule has 6 nitrogen and oxygen atoms in total. The van der Waals surface area contributed by atoms with Crippen molar-refractivity contribution in [2.24, 2.45) is 0 Å². The van der Waals surface area contributed by atoms with Gasteiger partial charge in [0.25, 0.3) is 11.8 Å². The third-order valence-corrected chi connectivity index (χ3v) is 9.30. The molecule has 3 aromatic rings. The highest BCUT2D eigenvalue weighted by atomic mass is 32.2. The molecule has 2 aliphatic rings. The molecule has 0 bridgehead atoms. The summed E-state index contributed by atoms with van der Waals surface area (Å²) in [6.45, 7) is 3.22. The molecule has 0 spiro atoms. The quantitative estimate of drug-likeness (QED) is 0.301. The third kappa shape index (κ3) is 6.96. The topological polar surface area (TPSA) is 67.9 Å². The predicted octanol–water partition coefficient (Wildman–Crippen LogP) is 6.41. The first-order valence-corrected chi connectivity index (χ1v) is 15.2. The second-order valence-electron chi connectivity index (χ2n) is 10.7. The van der Waals surface area contributed by atoms with Crippen LogP contribution in [0.3, 0.4) is 0 Å². The van der Waals surface area contributed by atoms with Crippen LogP contribution in [0.4, 0.5) is 0 Å². The molecule has 0 radical (unpaired) electrons. The van der Waals surface area contributed by atoms with Crippen molar-refractivity contribution in [2.75, 3.05) is 20.8 Å². The van der Waals surface area contributed by atoms with E-state index in [2.05, 4.69) is 41.4 Å². The summed E-state index contributed by atoms with van der Waals surface area (Å²) >= 11 is 1.73. The van der Waals surface area contributed by atoms with Crippen LogP contribution < -0.4 is 14.8 Å². The summed E-state index contributed by atoms with van der Waals surface area (Å²) in [6.07, 6.45) is 7.21. The van der Waals surface area contributed by atoms with Crippen molar-refractivity contribution in [3.05, 3.63) is 99.5 Å². The summed E-state index contributed by atoms with van der Waals surface area (Å²) < 4.78 is 10.7. The van der Waals surface area contributed by atoms with Crippen LogP contribution in [0.15, 0.2) is 71.6 Å². The number of rotatable bonds is 9. The number of nitrogens with one attached hydrogen (secondary N) is 1. The molecule has 1 aliphatic carbocycles. The molecule has 2 fully saturated rings. The van der Waals surface area contributed by atoms with Crippen LogP contribution in [0.1, 0.15) is 58.3 Å². The van der Waals surface area contributed by atoms with E-state index >= 15 is 0 Å². The average Bonchev–Trinajstić information content (AvgIpc) is 2.99. The molecule has 1 N–H and O–H groups in total. The first-order valence-electron chi connectivity index (χ1n) is 14.3. The summed E-state index contributed by atoms with van der Waals surface area (Å²) in [5.41, 5.74) is 4.90. The van der Waals surface area contributed by atoms with Gasteiger partial charge in [-0.15, -0.1) is 11.8 Å². The number of hydrogen-bond donors (Lipinski definition) is 1. The Kier molecular flexibility index (Phi) is 9.35. The molecule has 1 saturated carbocycles. The molecular formula is C34H38N2O4S. The number of nitrogens with zero attached hydrogens (tertiary/aromatic N) is 1. The number of ether oxygens (including phenoxy) is 2. The maximum absolute atomic E-state index is 13.7. The minimum absolute atomic E-state index is 0.107. The zero-order chi connectivity index (χ0) is 28.8.